The number of anilines is 1. The molecule has 11 heteroatoms. The van der Waals surface area contributed by atoms with Crippen LogP contribution in [0.2, 0.25) is 0 Å². The maximum absolute atomic E-state index is 8.95. The maximum Gasteiger partial charge on any atom is 0.109 e. The first-order chi connectivity index (χ1) is 20.1. The summed E-state index contributed by atoms with van der Waals surface area (Å²) in [5.74, 6) is 0. The molecule has 3 N–H and O–H groups in total. The van der Waals surface area contributed by atoms with Crippen LogP contribution in [0.15, 0.2) is 121 Å². The molecule has 7 rings (SSSR count). The van der Waals surface area contributed by atoms with Crippen LogP contribution < -0.4 is 5.73 Å². The summed E-state index contributed by atoms with van der Waals surface area (Å²) in [4.78, 5) is 14.8. The van der Waals surface area contributed by atoms with Gasteiger partial charge in [-0.2, -0.15) is 0 Å². The van der Waals surface area contributed by atoms with Gasteiger partial charge in [-0.15, -0.1) is 5.10 Å². The van der Waals surface area contributed by atoms with E-state index in [0.29, 0.717) is 11.4 Å². The second kappa shape index (κ2) is 12.8. The largest absolute Gasteiger partial charge is 0.399 e. The Morgan fingerprint density at radius 2 is 1.32 bits per heavy atom. The van der Waals surface area contributed by atoms with Crippen LogP contribution >= 0.6 is 0 Å². The monoisotopic (exact) mass is 540 g/mol. The molecule has 200 valence electrons. The molecular formula is C30H24N10O. The van der Waals surface area contributed by atoms with Crippen molar-refractivity contribution < 1.29 is 5.11 Å². The van der Waals surface area contributed by atoms with Crippen molar-refractivity contribution in [1.82, 2.24) is 29.9 Å². The summed E-state index contributed by atoms with van der Waals surface area (Å²) in [6.07, 6.45) is 12.4. The first kappa shape index (κ1) is 26.7. The van der Waals surface area contributed by atoms with Crippen LogP contribution in [-0.4, -0.2) is 35.1 Å². The molecule has 4 heterocycles. The number of nitrogen functional groups attached to an aromatic ring is 1. The number of pyridine rings is 3. The van der Waals surface area contributed by atoms with Gasteiger partial charge in [0.15, 0.2) is 0 Å². The molecule has 0 aliphatic heterocycles. The Morgan fingerprint density at radius 1 is 0.732 bits per heavy atom. The van der Waals surface area contributed by atoms with E-state index in [9.17, 15) is 0 Å². The highest BCUT2D eigenvalue weighted by atomic mass is 16.3. The minimum atomic E-state index is -0.0997. The summed E-state index contributed by atoms with van der Waals surface area (Å²) >= 11 is 0. The molecule has 0 saturated carbocycles. The summed E-state index contributed by atoms with van der Waals surface area (Å²) in [7, 11) is 0. The molecule has 3 aromatic carbocycles. The van der Waals surface area contributed by atoms with Crippen molar-refractivity contribution in [2.24, 2.45) is 5.11 Å². The topological polar surface area (TPSA) is 164 Å². The predicted octanol–water partition coefficient (Wildman–Crippen LogP) is 6.30. The van der Waals surface area contributed by atoms with Crippen molar-refractivity contribution in [2.45, 2.75) is 6.61 Å². The molecule has 0 unspecified atom stereocenters. The Kier molecular flexibility index (Phi) is 8.31. The van der Waals surface area contributed by atoms with Crippen LogP contribution in [0.1, 0.15) is 5.69 Å². The second-order valence-corrected chi connectivity index (χ2v) is 8.80. The molecule has 0 radical (unpaired) electrons. The highest BCUT2D eigenvalue weighted by Gasteiger charge is 2.02. The minimum Gasteiger partial charge on any atom is -0.399 e. The summed E-state index contributed by atoms with van der Waals surface area (Å²) in [6, 6.07) is 23.0. The molecule has 0 atom stereocenters. The number of hydrogen-bond donors (Lipinski definition) is 2. The van der Waals surface area contributed by atoms with Gasteiger partial charge >= 0.3 is 0 Å². The third kappa shape index (κ3) is 6.76. The fourth-order valence-corrected chi connectivity index (χ4v) is 4.00. The van der Waals surface area contributed by atoms with Gasteiger partial charge in [0.25, 0.3) is 0 Å². The van der Waals surface area contributed by atoms with Gasteiger partial charge in [0.1, 0.15) is 5.69 Å². The van der Waals surface area contributed by atoms with E-state index < -0.39 is 0 Å². The van der Waals surface area contributed by atoms with Gasteiger partial charge in [0.05, 0.1) is 18.5 Å². The third-order valence-corrected chi connectivity index (χ3v) is 6.04. The Bertz CT molecular complexity index is 1980. The number of fused-ring (bicyclic) bond motifs is 3. The van der Waals surface area contributed by atoms with E-state index in [4.69, 9.17) is 16.4 Å². The van der Waals surface area contributed by atoms with E-state index in [1.807, 2.05) is 79.1 Å². The number of azide groups is 1. The molecule has 0 fully saturated rings. The van der Waals surface area contributed by atoms with E-state index in [1.165, 1.54) is 0 Å². The number of nitrogens with zero attached hydrogens (tertiary/aromatic N) is 9. The fraction of sp³-hybridized carbons (Fsp3) is 0.0333. The van der Waals surface area contributed by atoms with Crippen molar-refractivity contribution in [1.29, 1.82) is 0 Å². The molecule has 7 aromatic rings. The van der Waals surface area contributed by atoms with Crippen LogP contribution in [0.25, 0.3) is 48.4 Å². The molecule has 4 aromatic heterocycles. The number of aliphatic hydroxyl groups is 1. The van der Waals surface area contributed by atoms with Crippen LogP contribution in [0.3, 0.4) is 0 Å². The number of rotatable bonds is 3. The predicted molar refractivity (Wildman–Crippen MR) is 159 cm³/mol. The van der Waals surface area contributed by atoms with Crippen molar-refractivity contribution in [3.8, 4) is 5.69 Å². The average molecular weight is 541 g/mol. The Hall–Kier alpha value is -5.90. The summed E-state index contributed by atoms with van der Waals surface area (Å²) in [6.45, 7) is -0.0997. The number of nitrogens with two attached hydrogens (primary N) is 1. The third-order valence-electron chi connectivity index (χ3n) is 6.04. The lowest BCUT2D eigenvalue weighted by molar-refractivity contribution is 0.276. The molecule has 11 nitrogen and oxygen atoms in total. The standard InChI is InChI=1S/C12H10N4O.C9H6N4.C9H8N2/c17-8-11-7-16(15-14-11)12-2-1-10-6-13-4-3-9(10)5-12;10-13-12-9-2-1-8-6-11-4-3-7(8)5-9;10-9-2-1-8-6-11-4-3-7(8)5-9/h1-7,17H,8H2;1-6H;1-6H,10H2. The quantitative estimate of drug-likeness (QED) is 0.115. The number of benzene rings is 3. The zero-order chi connectivity index (χ0) is 28.4. The Morgan fingerprint density at radius 3 is 1.93 bits per heavy atom. The highest BCUT2D eigenvalue weighted by Crippen LogP contribution is 2.20. The molecule has 0 saturated heterocycles. The zero-order valence-electron chi connectivity index (χ0n) is 21.7. The Balaban J connectivity index is 0.000000127. The molecular weight excluding hydrogens is 516 g/mol. The summed E-state index contributed by atoms with van der Waals surface area (Å²) in [5.41, 5.74) is 16.7. The normalized spacial score (nSPS) is 10.3. The number of aliphatic hydroxyl groups excluding tert-OH is 1. The highest BCUT2D eigenvalue weighted by molar-refractivity contribution is 5.85. The van der Waals surface area contributed by atoms with Gasteiger partial charge in [0.2, 0.25) is 0 Å². The van der Waals surface area contributed by atoms with Crippen LogP contribution in [0, 0.1) is 0 Å². The van der Waals surface area contributed by atoms with E-state index in [2.05, 4.69) is 35.3 Å². The fourth-order valence-electron chi connectivity index (χ4n) is 4.00. The molecule has 0 bridgehead atoms. The van der Waals surface area contributed by atoms with Gasteiger partial charge in [-0.1, -0.05) is 34.6 Å². The van der Waals surface area contributed by atoms with Crippen molar-refractivity contribution >= 4 is 43.7 Å². The van der Waals surface area contributed by atoms with Gasteiger partial charge in [0, 0.05) is 69.6 Å². The maximum atomic E-state index is 8.95. The number of hydrogen-bond acceptors (Lipinski definition) is 8. The van der Waals surface area contributed by atoms with E-state index >= 15 is 0 Å². The summed E-state index contributed by atoms with van der Waals surface area (Å²) < 4.78 is 1.64. The van der Waals surface area contributed by atoms with Crippen molar-refractivity contribution in [3.05, 3.63) is 132 Å². The van der Waals surface area contributed by atoms with E-state index in [0.717, 1.165) is 43.7 Å². The molecule has 0 amide bonds. The van der Waals surface area contributed by atoms with E-state index in [-0.39, 0.29) is 6.61 Å². The van der Waals surface area contributed by atoms with Crippen LogP contribution in [-0.2, 0) is 6.61 Å². The smallest absolute Gasteiger partial charge is 0.109 e. The molecule has 0 aliphatic rings. The molecule has 0 aliphatic carbocycles. The number of aromatic nitrogens is 6. The lowest BCUT2D eigenvalue weighted by atomic mass is 10.1. The SMILES string of the molecule is Nc1ccc2cnccc2c1.OCc1cn(-c2ccc3cnccc3c2)nn1.[N-]=[N+]=Nc1ccc2cnccc2c1. The minimum absolute atomic E-state index is 0.0997. The first-order valence-corrected chi connectivity index (χ1v) is 12.5. The lowest BCUT2D eigenvalue weighted by Gasteiger charge is -2.02. The van der Waals surface area contributed by atoms with Gasteiger partial charge < -0.3 is 10.8 Å². The zero-order valence-corrected chi connectivity index (χ0v) is 21.7. The lowest BCUT2D eigenvalue weighted by Crippen LogP contribution is -1.94. The second-order valence-electron chi connectivity index (χ2n) is 8.80. The molecule has 0 spiro atoms. The van der Waals surface area contributed by atoms with Crippen molar-refractivity contribution in [3.63, 3.8) is 0 Å². The van der Waals surface area contributed by atoms with E-state index in [1.54, 1.807) is 41.7 Å². The molecule has 41 heavy (non-hydrogen) atoms. The first-order valence-electron chi connectivity index (χ1n) is 12.5. The van der Waals surface area contributed by atoms with Gasteiger partial charge in [-0.25, -0.2) is 4.68 Å². The average Bonchev–Trinajstić information content (AvgIpc) is 3.51. The van der Waals surface area contributed by atoms with Crippen LogP contribution in [0.4, 0.5) is 11.4 Å². The summed E-state index contributed by atoms with van der Waals surface area (Å²) in [5, 5.41) is 26.8. The van der Waals surface area contributed by atoms with Crippen molar-refractivity contribution in [2.75, 3.05) is 5.73 Å². The van der Waals surface area contributed by atoms with Gasteiger partial charge in [-0.3, -0.25) is 15.0 Å². The van der Waals surface area contributed by atoms with Gasteiger partial charge in [-0.05, 0) is 70.2 Å². The Labute approximate surface area is 234 Å². The van der Waals surface area contributed by atoms with Crippen LogP contribution in [0.5, 0.6) is 0 Å².